The monoisotopic (exact) mass is 726 g/mol. The molecule has 5 aromatic carbocycles. The van der Waals surface area contributed by atoms with Crippen molar-refractivity contribution in [2.45, 2.75) is 72.2 Å². The van der Waals surface area contributed by atoms with Crippen LogP contribution in [0.4, 0.5) is 0 Å². The first-order valence-electron chi connectivity index (χ1n) is 17.3. The molecule has 0 radical (unpaired) electrons. The molecule has 6 aromatic rings. The van der Waals surface area contributed by atoms with Crippen LogP contribution < -0.4 is 16.4 Å². The normalized spacial score (nSPS) is 18.6. The molecule has 272 valence electrons. The number of rotatable bonds is 2. The molecule has 3 aliphatic heterocycles. The van der Waals surface area contributed by atoms with Crippen LogP contribution in [0.5, 0.6) is 0 Å². The van der Waals surface area contributed by atoms with E-state index in [9.17, 15) is 15.1 Å². The summed E-state index contributed by atoms with van der Waals surface area (Å²) in [5, 5.41) is 30.9. The van der Waals surface area contributed by atoms with Gasteiger partial charge in [-0.05, 0) is 69.0 Å². The Bertz CT molecular complexity index is 2050. The Morgan fingerprint density at radius 1 is 0.547 bits per heavy atom. The first-order valence-corrected chi connectivity index (χ1v) is 18.2. The van der Waals surface area contributed by atoms with E-state index in [1.54, 1.807) is 11.3 Å². The maximum absolute atomic E-state index is 9.97. The molecule has 10 heteroatoms. The summed E-state index contributed by atoms with van der Waals surface area (Å²) in [4.78, 5) is 1.14. The number of hydrogen-bond donors (Lipinski definition) is 3. The summed E-state index contributed by atoms with van der Waals surface area (Å²) >= 11 is 1.72. The van der Waals surface area contributed by atoms with Crippen molar-refractivity contribution >= 4 is 59.2 Å². The van der Waals surface area contributed by atoms with Gasteiger partial charge in [-0.3, -0.25) is 0 Å². The molecule has 0 saturated heterocycles. The number of benzene rings is 5. The first kappa shape index (κ1) is 40.2. The van der Waals surface area contributed by atoms with Gasteiger partial charge in [0.1, 0.15) is 6.10 Å². The molecule has 4 aliphatic rings. The molecular formula is C43H49B3O6S. The third-order valence-electron chi connectivity index (χ3n) is 10.1. The van der Waals surface area contributed by atoms with Gasteiger partial charge in [0.05, 0.1) is 11.7 Å². The van der Waals surface area contributed by atoms with Crippen molar-refractivity contribution in [3.05, 3.63) is 161 Å². The molecule has 53 heavy (non-hydrogen) atoms. The minimum absolute atomic E-state index is 0. The molecule has 0 amide bonds. The van der Waals surface area contributed by atoms with Crippen LogP contribution in [-0.4, -0.2) is 36.4 Å². The predicted molar refractivity (Wildman–Crippen MR) is 222 cm³/mol. The van der Waals surface area contributed by atoms with Crippen LogP contribution in [0.2, 0.25) is 0 Å². The first-order chi connectivity index (χ1) is 24.5. The fraction of sp³-hybridized carbons (Fsp3) is 0.256. The summed E-state index contributed by atoms with van der Waals surface area (Å²) in [5.74, 6) is 0. The summed E-state index contributed by atoms with van der Waals surface area (Å²) in [6.07, 6.45) is 5.53. The lowest BCUT2D eigenvalue weighted by atomic mass is 9.75. The molecule has 1 spiro atoms. The van der Waals surface area contributed by atoms with E-state index in [2.05, 4.69) is 24.3 Å². The fourth-order valence-corrected chi connectivity index (χ4v) is 8.84. The molecule has 10 rings (SSSR count). The van der Waals surface area contributed by atoms with E-state index >= 15 is 0 Å². The second-order valence-corrected chi connectivity index (χ2v) is 14.3. The Balaban J connectivity index is 0.000000150. The molecule has 6 nitrogen and oxygen atoms in total. The lowest BCUT2D eigenvalue weighted by Gasteiger charge is -2.34. The molecule has 2 atom stereocenters. The number of fused-ring (bicyclic) bond motifs is 5. The summed E-state index contributed by atoms with van der Waals surface area (Å²) < 4.78 is 18.4. The Morgan fingerprint density at radius 2 is 1.08 bits per heavy atom. The Labute approximate surface area is 319 Å². The van der Waals surface area contributed by atoms with Crippen molar-refractivity contribution in [1.29, 1.82) is 0 Å². The maximum atomic E-state index is 9.97. The second kappa shape index (κ2) is 17.4. The van der Waals surface area contributed by atoms with Crippen LogP contribution in [0.25, 0.3) is 10.1 Å². The van der Waals surface area contributed by atoms with Gasteiger partial charge in [-0.1, -0.05) is 163 Å². The molecule has 3 N–H and O–H groups in total. The molecule has 1 saturated carbocycles. The zero-order chi connectivity index (χ0) is 34.1. The molecular weight excluding hydrogens is 677 g/mol. The van der Waals surface area contributed by atoms with E-state index in [-0.39, 0.29) is 40.1 Å². The fourth-order valence-electron chi connectivity index (χ4n) is 7.72. The van der Waals surface area contributed by atoms with Crippen molar-refractivity contribution in [1.82, 2.24) is 0 Å². The van der Waals surface area contributed by atoms with Crippen LogP contribution in [-0.2, 0) is 19.6 Å². The summed E-state index contributed by atoms with van der Waals surface area (Å²) in [5.41, 5.74) is 6.97. The molecule has 1 aliphatic carbocycles. The zero-order valence-corrected chi connectivity index (χ0v) is 28.4. The number of hydrogen-bond acceptors (Lipinski definition) is 7. The van der Waals surface area contributed by atoms with Crippen molar-refractivity contribution < 1.29 is 29.0 Å². The average Bonchev–Trinajstić information content (AvgIpc) is 3.91. The van der Waals surface area contributed by atoms with Crippen molar-refractivity contribution in [2.24, 2.45) is 0 Å². The van der Waals surface area contributed by atoms with E-state index in [1.807, 2.05) is 109 Å². The van der Waals surface area contributed by atoms with E-state index in [1.165, 1.54) is 34.9 Å². The zero-order valence-electron chi connectivity index (χ0n) is 27.6. The molecule has 1 fully saturated rings. The van der Waals surface area contributed by atoms with Gasteiger partial charge in [-0.2, -0.15) is 0 Å². The third-order valence-corrected chi connectivity index (χ3v) is 11.3. The quantitative estimate of drug-likeness (QED) is 0.159. The minimum atomic E-state index is -0.814. The predicted octanol–water partition coefficient (Wildman–Crippen LogP) is 7.67. The van der Waals surface area contributed by atoms with Gasteiger partial charge < -0.3 is 29.0 Å². The van der Waals surface area contributed by atoms with Gasteiger partial charge in [0.2, 0.25) is 0 Å². The van der Waals surface area contributed by atoms with Crippen LogP contribution >= 0.6 is 11.3 Å². The standard InChI is InChI=1S/C15H11BO2S.C13H11BO2.C12H15BO2.3CH4/c17-16-12-7-3-2-6-11(12)15(18-16)14-9-10-5-1-4-8-13(10)19-14;15-14-12-9-5-4-8-11(12)13(16-14)10-6-2-1-3-7-10;14-13-11-7-3-2-6-10(11)12(15-13)8-4-1-5-9-12;;;/h1-9,15,17H;1-9,13,15H;2-3,6-7,14H,1,4-5,8-9H2;3*1H4. The van der Waals surface area contributed by atoms with Crippen LogP contribution in [0.15, 0.2) is 133 Å². The SMILES string of the molecule is C.C.C.OB1OC(c2cc3ccccc3s2)c2ccccc21.OB1OC(c2ccccc2)c2ccccc21.OB1OC2(CCCCC2)c2ccccc21. The highest BCUT2D eigenvalue weighted by Gasteiger charge is 2.47. The van der Waals surface area contributed by atoms with Crippen molar-refractivity contribution in [3.8, 4) is 0 Å². The smallest absolute Gasteiger partial charge is 0.423 e. The maximum Gasteiger partial charge on any atom is 0.492 e. The third kappa shape index (κ3) is 7.96. The Morgan fingerprint density at radius 3 is 1.74 bits per heavy atom. The Kier molecular flexibility index (Phi) is 13.2. The average molecular weight is 726 g/mol. The lowest BCUT2D eigenvalue weighted by molar-refractivity contribution is 0.0223. The van der Waals surface area contributed by atoms with Gasteiger partial charge in [-0.15, -0.1) is 11.3 Å². The Hall–Kier alpha value is -3.99. The lowest BCUT2D eigenvalue weighted by Crippen LogP contribution is -2.31. The van der Waals surface area contributed by atoms with E-state index in [0.29, 0.717) is 0 Å². The number of thiophene rings is 1. The van der Waals surface area contributed by atoms with Crippen LogP contribution in [0.1, 0.15) is 93.7 Å². The highest BCUT2D eigenvalue weighted by atomic mass is 32.1. The summed E-state index contributed by atoms with van der Waals surface area (Å²) in [6.45, 7) is 0. The van der Waals surface area contributed by atoms with Gasteiger partial charge in [0.25, 0.3) is 0 Å². The van der Waals surface area contributed by atoms with Crippen molar-refractivity contribution in [3.63, 3.8) is 0 Å². The largest absolute Gasteiger partial charge is 0.492 e. The molecule has 1 aromatic heterocycles. The molecule has 2 unspecified atom stereocenters. The van der Waals surface area contributed by atoms with Gasteiger partial charge in [0.15, 0.2) is 0 Å². The summed E-state index contributed by atoms with van der Waals surface area (Å²) in [7, 11) is -2.33. The van der Waals surface area contributed by atoms with E-state index in [0.717, 1.165) is 50.8 Å². The second-order valence-electron chi connectivity index (χ2n) is 13.2. The molecule has 4 heterocycles. The van der Waals surface area contributed by atoms with Gasteiger partial charge >= 0.3 is 21.4 Å². The highest BCUT2D eigenvalue weighted by Crippen LogP contribution is 2.43. The summed E-state index contributed by atoms with van der Waals surface area (Å²) in [6, 6.07) is 44.2. The van der Waals surface area contributed by atoms with E-state index in [4.69, 9.17) is 14.0 Å². The molecule has 0 bridgehead atoms. The van der Waals surface area contributed by atoms with Crippen LogP contribution in [0.3, 0.4) is 0 Å². The van der Waals surface area contributed by atoms with Gasteiger partial charge in [-0.25, -0.2) is 0 Å². The van der Waals surface area contributed by atoms with E-state index < -0.39 is 21.4 Å². The van der Waals surface area contributed by atoms with Crippen LogP contribution in [0, 0.1) is 0 Å². The van der Waals surface area contributed by atoms with Crippen molar-refractivity contribution in [2.75, 3.05) is 0 Å². The minimum Gasteiger partial charge on any atom is -0.423 e. The van der Waals surface area contributed by atoms with Gasteiger partial charge in [0, 0.05) is 9.58 Å². The highest BCUT2D eigenvalue weighted by molar-refractivity contribution is 7.19. The topological polar surface area (TPSA) is 88.4 Å².